The molecule has 0 saturated carbocycles. The standard InChI is InChI=1S/C18H23N5O/c19-10-1-6-16(7-2-11-20)18(24-15-5-14-23)17(8-3-12-21)9-4-13-22/h16-18H,1-9,15H2. The molecule has 6 nitrogen and oxygen atoms in total. The molecular weight excluding hydrogens is 302 g/mol. The Morgan fingerprint density at radius 2 is 0.875 bits per heavy atom. The van der Waals surface area contributed by atoms with Crippen molar-refractivity contribution in [3.05, 3.63) is 0 Å². The number of nitriles is 5. The predicted molar refractivity (Wildman–Crippen MR) is 86.3 cm³/mol. The zero-order valence-electron chi connectivity index (χ0n) is 13.9. The fraction of sp³-hybridized carbons (Fsp3) is 0.722. The van der Waals surface area contributed by atoms with Gasteiger partial charge in [0.05, 0.1) is 49.5 Å². The van der Waals surface area contributed by atoms with E-state index >= 15 is 0 Å². The van der Waals surface area contributed by atoms with Crippen LogP contribution in [0.15, 0.2) is 0 Å². The van der Waals surface area contributed by atoms with Crippen molar-refractivity contribution in [2.45, 2.75) is 63.9 Å². The topological polar surface area (TPSA) is 128 Å². The van der Waals surface area contributed by atoms with Crippen LogP contribution in [0.25, 0.3) is 0 Å². The number of ether oxygens (including phenoxy) is 1. The molecule has 0 unspecified atom stereocenters. The summed E-state index contributed by atoms with van der Waals surface area (Å²) in [6, 6.07) is 10.5. The van der Waals surface area contributed by atoms with Crippen molar-refractivity contribution in [3.63, 3.8) is 0 Å². The molecule has 0 aromatic carbocycles. The molecule has 0 aliphatic rings. The summed E-state index contributed by atoms with van der Waals surface area (Å²) in [5.74, 6) is 0.0377. The first kappa shape index (κ1) is 21.4. The molecule has 0 amide bonds. The molecular formula is C18H23N5O. The van der Waals surface area contributed by atoms with E-state index in [1.165, 1.54) is 0 Å². The van der Waals surface area contributed by atoms with Crippen LogP contribution in [-0.2, 0) is 4.74 Å². The summed E-state index contributed by atoms with van der Waals surface area (Å²) in [5, 5.41) is 44.2. The molecule has 0 spiro atoms. The van der Waals surface area contributed by atoms with Gasteiger partial charge < -0.3 is 4.74 Å². The quantitative estimate of drug-likeness (QED) is 0.474. The molecule has 0 atom stereocenters. The fourth-order valence-corrected chi connectivity index (χ4v) is 2.84. The van der Waals surface area contributed by atoms with Gasteiger partial charge in [-0.25, -0.2) is 0 Å². The van der Waals surface area contributed by atoms with Gasteiger partial charge in [0, 0.05) is 25.7 Å². The fourth-order valence-electron chi connectivity index (χ4n) is 2.84. The second-order valence-corrected chi connectivity index (χ2v) is 5.55. The Morgan fingerprint density at radius 3 is 1.17 bits per heavy atom. The average molecular weight is 325 g/mol. The first-order valence-corrected chi connectivity index (χ1v) is 8.21. The lowest BCUT2D eigenvalue weighted by molar-refractivity contribution is -0.0330. The van der Waals surface area contributed by atoms with E-state index in [9.17, 15) is 0 Å². The van der Waals surface area contributed by atoms with E-state index < -0.39 is 0 Å². The van der Waals surface area contributed by atoms with Gasteiger partial charge in [-0.3, -0.25) is 0 Å². The van der Waals surface area contributed by atoms with E-state index in [0.717, 1.165) is 0 Å². The van der Waals surface area contributed by atoms with Crippen molar-refractivity contribution in [1.29, 1.82) is 26.3 Å². The summed E-state index contributed by atoms with van der Waals surface area (Å²) in [5.41, 5.74) is 0. The van der Waals surface area contributed by atoms with Crippen LogP contribution in [-0.4, -0.2) is 12.7 Å². The average Bonchev–Trinajstić information content (AvgIpc) is 2.60. The summed E-state index contributed by atoms with van der Waals surface area (Å²) < 4.78 is 5.93. The molecule has 126 valence electrons. The maximum absolute atomic E-state index is 8.87. The first-order valence-electron chi connectivity index (χ1n) is 8.21. The van der Waals surface area contributed by atoms with Gasteiger partial charge in [-0.05, 0) is 37.5 Å². The minimum absolute atomic E-state index is 0.0189. The van der Waals surface area contributed by atoms with E-state index in [4.69, 9.17) is 31.0 Å². The SMILES string of the molecule is N#CCCOC(C(CCC#N)CCC#N)C(CCC#N)CCC#N. The van der Waals surface area contributed by atoms with Crippen LogP contribution in [0, 0.1) is 68.5 Å². The molecule has 6 heteroatoms. The molecule has 0 aliphatic heterocycles. The van der Waals surface area contributed by atoms with E-state index in [1.807, 2.05) is 6.07 Å². The molecule has 0 bridgehead atoms. The Labute approximate surface area is 144 Å². The van der Waals surface area contributed by atoms with Gasteiger partial charge in [0.2, 0.25) is 0 Å². The van der Waals surface area contributed by atoms with E-state index in [-0.39, 0.29) is 31.0 Å². The van der Waals surface area contributed by atoms with Gasteiger partial charge in [-0.1, -0.05) is 0 Å². The maximum atomic E-state index is 8.87. The Hall–Kier alpha value is -2.59. The largest absolute Gasteiger partial charge is 0.377 e. The molecule has 0 aromatic heterocycles. The van der Waals surface area contributed by atoms with Crippen LogP contribution in [0.1, 0.15) is 57.8 Å². The molecule has 24 heavy (non-hydrogen) atoms. The van der Waals surface area contributed by atoms with Crippen molar-refractivity contribution >= 4 is 0 Å². The van der Waals surface area contributed by atoms with Crippen LogP contribution >= 0.6 is 0 Å². The van der Waals surface area contributed by atoms with Crippen LogP contribution in [0.3, 0.4) is 0 Å². The molecule has 0 heterocycles. The molecule has 0 radical (unpaired) electrons. The zero-order valence-corrected chi connectivity index (χ0v) is 13.9. The van der Waals surface area contributed by atoms with E-state index in [2.05, 4.69) is 24.3 Å². The maximum Gasteiger partial charge on any atom is 0.0645 e. The molecule has 0 N–H and O–H groups in total. The van der Waals surface area contributed by atoms with Gasteiger partial charge in [-0.2, -0.15) is 26.3 Å². The summed E-state index contributed by atoms with van der Waals surface area (Å²) >= 11 is 0. The van der Waals surface area contributed by atoms with Crippen LogP contribution < -0.4 is 0 Å². The number of rotatable bonds is 13. The molecule has 0 fully saturated rings. The molecule has 0 aromatic rings. The number of hydrogen-bond acceptors (Lipinski definition) is 6. The van der Waals surface area contributed by atoms with E-state index in [1.54, 1.807) is 0 Å². The molecule has 0 aliphatic carbocycles. The zero-order chi connectivity index (χ0) is 18.0. The van der Waals surface area contributed by atoms with Crippen LogP contribution in [0.2, 0.25) is 0 Å². The van der Waals surface area contributed by atoms with Crippen molar-refractivity contribution in [2.75, 3.05) is 6.61 Å². The lowest BCUT2D eigenvalue weighted by Crippen LogP contribution is -2.33. The number of hydrogen-bond donors (Lipinski definition) is 0. The Balaban J connectivity index is 5.23. The molecule has 0 rings (SSSR count). The normalized spacial score (nSPS) is 9.92. The van der Waals surface area contributed by atoms with Crippen molar-refractivity contribution in [1.82, 2.24) is 0 Å². The Morgan fingerprint density at radius 1 is 0.542 bits per heavy atom. The predicted octanol–water partition coefficient (Wildman–Crippen LogP) is 3.73. The van der Waals surface area contributed by atoms with Gasteiger partial charge in [0.25, 0.3) is 0 Å². The van der Waals surface area contributed by atoms with Crippen molar-refractivity contribution < 1.29 is 4.74 Å². The summed E-state index contributed by atoms with van der Waals surface area (Å²) in [6.07, 6.45) is 3.99. The number of nitrogens with zero attached hydrogens (tertiary/aromatic N) is 5. The van der Waals surface area contributed by atoms with E-state index in [0.29, 0.717) is 51.4 Å². The summed E-state index contributed by atoms with van der Waals surface area (Å²) in [4.78, 5) is 0. The van der Waals surface area contributed by atoms with Crippen molar-refractivity contribution in [2.24, 2.45) is 11.8 Å². The van der Waals surface area contributed by atoms with Gasteiger partial charge in [-0.15, -0.1) is 0 Å². The summed E-state index contributed by atoms with van der Waals surface area (Å²) in [7, 11) is 0. The van der Waals surface area contributed by atoms with Crippen LogP contribution in [0.5, 0.6) is 0 Å². The lowest BCUT2D eigenvalue weighted by Gasteiger charge is -2.33. The monoisotopic (exact) mass is 325 g/mol. The minimum Gasteiger partial charge on any atom is -0.377 e. The van der Waals surface area contributed by atoms with Gasteiger partial charge >= 0.3 is 0 Å². The highest BCUT2D eigenvalue weighted by Gasteiger charge is 2.29. The second-order valence-electron chi connectivity index (χ2n) is 5.55. The molecule has 0 saturated heterocycles. The lowest BCUT2D eigenvalue weighted by atomic mass is 9.80. The second kappa shape index (κ2) is 15.3. The van der Waals surface area contributed by atoms with Gasteiger partial charge in [0.15, 0.2) is 0 Å². The highest BCUT2D eigenvalue weighted by atomic mass is 16.5. The first-order chi connectivity index (χ1) is 11.7. The third-order valence-corrected chi connectivity index (χ3v) is 3.96. The highest BCUT2D eigenvalue weighted by molar-refractivity contribution is 4.87. The smallest absolute Gasteiger partial charge is 0.0645 e. The van der Waals surface area contributed by atoms with Crippen molar-refractivity contribution in [3.8, 4) is 30.3 Å². The Kier molecular flexibility index (Phi) is 13.7. The minimum atomic E-state index is -0.234. The van der Waals surface area contributed by atoms with Gasteiger partial charge in [0.1, 0.15) is 0 Å². The highest BCUT2D eigenvalue weighted by Crippen LogP contribution is 2.31. The third-order valence-electron chi connectivity index (χ3n) is 3.96. The third kappa shape index (κ3) is 9.43. The van der Waals surface area contributed by atoms with Crippen LogP contribution in [0.4, 0.5) is 0 Å². The Bertz CT molecular complexity index is 464. The summed E-state index contributed by atoms with van der Waals surface area (Å²) in [6.45, 7) is 0.284.